The molecule has 1 aliphatic heterocycles. The van der Waals surface area contributed by atoms with Crippen LogP contribution in [0, 0.1) is 5.82 Å². The van der Waals surface area contributed by atoms with Gasteiger partial charge >= 0.3 is 0 Å². The molecule has 1 aromatic rings. The lowest BCUT2D eigenvalue weighted by atomic mass is 9.82. The number of rotatable bonds is 4. The molecule has 0 radical (unpaired) electrons. The van der Waals surface area contributed by atoms with Gasteiger partial charge < -0.3 is 5.32 Å². The Morgan fingerprint density at radius 3 is 2.95 bits per heavy atom. The number of hydrogen-bond donors (Lipinski definition) is 1. The zero-order valence-corrected chi connectivity index (χ0v) is 12.4. The van der Waals surface area contributed by atoms with Gasteiger partial charge in [-0.1, -0.05) is 37.8 Å². The van der Waals surface area contributed by atoms with Gasteiger partial charge in [0.15, 0.2) is 0 Å². The zero-order valence-electron chi connectivity index (χ0n) is 11.6. The molecular weight excluding hydrogens is 261 g/mol. The molecule has 1 N–H and O–H groups in total. The van der Waals surface area contributed by atoms with E-state index in [0.29, 0.717) is 5.02 Å². The Morgan fingerprint density at radius 1 is 1.32 bits per heavy atom. The largest absolute Gasteiger partial charge is 0.311 e. The third-order valence-electron chi connectivity index (χ3n) is 4.10. The summed E-state index contributed by atoms with van der Waals surface area (Å²) in [6, 6.07) is 4.88. The molecule has 0 bridgehead atoms. The molecule has 1 aromatic carbocycles. The van der Waals surface area contributed by atoms with Crippen LogP contribution >= 0.6 is 11.6 Å². The van der Waals surface area contributed by atoms with Gasteiger partial charge in [0.2, 0.25) is 0 Å². The highest BCUT2D eigenvalue weighted by molar-refractivity contribution is 6.30. The predicted octanol–water partition coefficient (Wildman–Crippen LogP) is 4.72. The van der Waals surface area contributed by atoms with Crippen LogP contribution < -0.4 is 5.32 Å². The quantitative estimate of drug-likeness (QED) is 0.843. The van der Waals surface area contributed by atoms with Crippen LogP contribution in [-0.4, -0.2) is 12.1 Å². The summed E-state index contributed by atoms with van der Waals surface area (Å²) in [5, 5.41) is 4.30. The van der Waals surface area contributed by atoms with Crippen molar-refractivity contribution in [1.29, 1.82) is 0 Å². The third-order valence-corrected chi connectivity index (χ3v) is 4.33. The van der Waals surface area contributed by atoms with Crippen molar-refractivity contribution in [3.8, 4) is 0 Å². The van der Waals surface area contributed by atoms with Crippen molar-refractivity contribution in [3.05, 3.63) is 34.6 Å². The minimum Gasteiger partial charge on any atom is -0.311 e. The molecule has 1 unspecified atom stereocenters. The van der Waals surface area contributed by atoms with Crippen LogP contribution in [0.15, 0.2) is 18.2 Å². The van der Waals surface area contributed by atoms with Gasteiger partial charge in [0, 0.05) is 10.6 Å². The molecule has 1 fully saturated rings. The summed E-state index contributed by atoms with van der Waals surface area (Å²) in [7, 11) is 0. The molecule has 0 saturated carbocycles. The summed E-state index contributed by atoms with van der Waals surface area (Å²) < 4.78 is 14.0. The van der Waals surface area contributed by atoms with Gasteiger partial charge in [-0.2, -0.15) is 0 Å². The normalized spacial score (nSPS) is 24.2. The van der Waals surface area contributed by atoms with Crippen LogP contribution in [0.3, 0.4) is 0 Å². The smallest absolute Gasteiger partial charge is 0.126 e. The molecule has 1 nitrogen and oxygen atoms in total. The number of nitrogens with one attached hydrogen (secondary N) is 1. The number of halogens is 2. The predicted molar refractivity (Wildman–Crippen MR) is 79.2 cm³/mol. The fraction of sp³-hybridized carbons (Fsp3) is 0.625. The summed E-state index contributed by atoms with van der Waals surface area (Å²) in [5.74, 6) is -0.133. The molecule has 19 heavy (non-hydrogen) atoms. The minimum absolute atomic E-state index is 0.0524. The van der Waals surface area contributed by atoms with E-state index in [-0.39, 0.29) is 11.4 Å². The maximum absolute atomic E-state index is 14.0. The summed E-state index contributed by atoms with van der Waals surface area (Å²) in [5.41, 5.74) is 0.798. The molecule has 1 heterocycles. The van der Waals surface area contributed by atoms with E-state index in [4.69, 9.17) is 11.6 Å². The van der Waals surface area contributed by atoms with Crippen LogP contribution in [0.5, 0.6) is 0 Å². The highest BCUT2D eigenvalue weighted by atomic mass is 35.5. The van der Waals surface area contributed by atoms with Crippen molar-refractivity contribution in [3.63, 3.8) is 0 Å². The van der Waals surface area contributed by atoms with Crippen LogP contribution in [-0.2, 0) is 6.42 Å². The summed E-state index contributed by atoms with van der Waals surface area (Å²) in [6.45, 7) is 3.24. The van der Waals surface area contributed by atoms with Crippen LogP contribution in [0.2, 0.25) is 5.02 Å². The van der Waals surface area contributed by atoms with Gasteiger partial charge in [0.1, 0.15) is 5.82 Å². The summed E-state index contributed by atoms with van der Waals surface area (Å²) in [6.07, 6.45) is 7.82. The molecule has 1 atom stereocenters. The first-order valence-electron chi connectivity index (χ1n) is 7.34. The SMILES string of the molecule is CCCC1(Cc2cc(Cl)ccc2F)CCCCCN1. The standard InChI is InChI=1S/C16H23ClFN/c1-2-8-16(9-4-3-5-10-19-16)12-13-11-14(17)6-7-15(13)18/h6-7,11,19H,2-5,8-10,12H2,1H3. The molecule has 1 saturated heterocycles. The molecule has 2 rings (SSSR count). The lowest BCUT2D eigenvalue weighted by molar-refractivity contribution is 0.285. The van der Waals surface area contributed by atoms with E-state index < -0.39 is 0 Å². The second kappa shape index (κ2) is 6.71. The Morgan fingerprint density at radius 2 is 2.16 bits per heavy atom. The van der Waals surface area contributed by atoms with Crippen LogP contribution in [0.1, 0.15) is 51.0 Å². The molecule has 0 spiro atoms. The van der Waals surface area contributed by atoms with Gasteiger partial charge in [0.25, 0.3) is 0 Å². The van der Waals surface area contributed by atoms with Crippen molar-refractivity contribution >= 4 is 11.6 Å². The molecule has 1 aliphatic rings. The fourth-order valence-corrected chi connectivity index (χ4v) is 3.38. The van der Waals surface area contributed by atoms with Crippen LogP contribution in [0.4, 0.5) is 4.39 Å². The molecule has 3 heteroatoms. The second-order valence-electron chi connectivity index (χ2n) is 5.68. The zero-order chi connectivity index (χ0) is 13.7. The Hall–Kier alpha value is -0.600. The Labute approximate surface area is 120 Å². The average Bonchev–Trinajstić information content (AvgIpc) is 2.60. The van der Waals surface area contributed by atoms with Crippen molar-refractivity contribution < 1.29 is 4.39 Å². The maximum Gasteiger partial charge on any atom is 0.126 e. The van der Waals surface area contributed by atoms with E-state index in [2.05, 4.69) is 12.2 Å². The number of benzene rings is 1. The van der Waals surface area contributed by atoms with Crippen molar-refractivity contribution in [2.24, 2.45) is 0 Å². The Kier molecular flexibility index (Phi) is 5.23. The Balaban J connectivity index is 2.21. The van der Waals surface area contributed by atoms with Crippen LogP contribution in [0.25, 0.3) is 0 Å². The van der Waals surface area contributed by atoms with E-state index in [1.54, 1.807) is 12.1 Å². The lowest BCUT2D eigenvalue weighted by Crippen LogP contribution is -2.46. The monoisotopic (exact) mass is 283 g/mol. The lowest BCUT2D eigenvalue weighted by Gasteiger charge is -2.34. The summed E-state index contributed by atoms with van der Waals surface area (Å²) in [4.78, 5) is 0. The van der Waals surface area contributed by atoms with Gasteiger partial charge in [-0.25, -0.2) is 4.39 Å². The fourth-order valence-electron chi connectivity index (χ4n) is 3.18. The molecule has 0 aliphatic carbocycles. The average molecular weight is 284 g/mol. The van der Waals surface area contributed by atoms with Crippen molar-refractivity contribution in [2.45, 2.75) is 57.4 Å². The van der Waals surface area contributed by atoms with E-state index in [1.807, 2.05) is 0 Å². The van der Waals surface area contributed by atoms with Gasteiger partial charge in [-0.15, -0.1) is 0 Å². The topological polar surface area (TPSA) is 12.0 Å². The van der Waals surface area contributed by atoms with E-state index in [9.17, 15) is 4.39 Å². The first-order valence-corrected chi connectivity index (χ1v) is 7.72. The first kappa shape index (κ1) is 14.8. The van der Waals surface area contributed by atoms with Gasteiger partial charge in [-0.3, -0.25) is 0 Å². The molecular formula is C16H23ClFN. The Bertz CT molecular complexity index is 411. The highest BCUT2D eigenvalue weighted by Crippen LogP contribution is 2.29. The minimum atomic E-state index is -0.133. The third kappa shape index (κ3) is 3.93. The van der Waals surface area contributed by atoms with Crippen molar-refractivity contribution in [2.75, 3.05) is 6.54 Å². The molecule has 106 valence electrons. The molecule has 0 aromatic heterocycles. The molecule has 0 amide bonds. The van der Waals surface area contributed by atoms with Crippen molar-refractivity contribution in [1.82, 2.24) is 5.32 Å². The van der Waals surface area contributed by atoms with E-state index >= 15 is 0 Å². The maximum atomic E-state index is 14.0. The van der Waals surface area contributed by atoms with Gasteiger partial charge in [0.05, 0.1) is 0 Å². The van der Waals surface area contributed by atoms with Gasteiger partial charge in [-0.05, 0) is 56.0 Å². The highest BCUT2D eigenvalue weighted by Gasteiger charge is 2.30. The second-order valence-corrected chi connectivity index (χ2v) is 6.12. The first-order chi connectivity index (χ1) is 9.15. The number of hydrogen-bond acceptors (Lipinski definition) is 1. The van der Waals surface area contributed by atoms with E-state index in [0.717, 1.165) is 37.8 Å². The van der Waals surface area contributed by atoms with E-state index in [1.165, 1.54) is 25.3 Å². The summed E-state index contributed by atoms with van der Waals surface area (Å²) >= 11 is 6.00.